The van der Waals surface area contributed by atoms with Crippen LogP contribution in [0.5, 0.6) is 5.75 Å². The van der Waals surface area contributed by atoms with Crippen LogP contribution in [0, 0.1) is 0 Å². The summed E-state index contributed by atoms with van der Waals surface area (Å²) >= 11 is 3.64. The summed E-state index contributed by atoms with van der Waals surface area (Å²) < 4.78 is 8.44. The maximum atomic E-state index is 6.34. The highest BCUT2D eigenvalue weighted by atomic mass is 79.9. The zero-order valence-corrected chi connectivity index (χ0v) is 14.4. The number of hydrogen-bond acceptors (Lipinski definition) is 3. The third-order valence-corrected chi connectivity index (χ3v) is 4.45. The van der Waals surface area contributed by atoms with E-state index in [2.05, 4.69) is 28.0 Å². The van der Waals surface area contributed by atoms with Crippen LogP contribution < -0.4 is 10.5 Å². The summed E-state index contributed by atoms with van der Waals surface area (Å²) in [6, 6.07) is 7.93. The van der Waals surface area contributed by atoms with Gasteiger partial charge in [0, 0.05) is 19.5 Å². The molecule has 1 aromatic carbocycles. The van der Waals surface area contributed by atoms with Gasteiger partial charge in [0.2, 0.25) is 0 Å². The highest BCUT2D eigenvalue weighted by Gasteiger charge is 2.16. The monoisotopic (exact) mass is 351 g/mol. The number of nitrogens with two attached hydrogens (primary N) is 1. The molecule has 1 atom stereocenters. The topological polar surface area (TPSA) is 53.1 Å². The zero-order chi connectivity index (χ0) is 15.4. The van der Waals surface area contributed by atoms with Crippen LogP contribution in [0.1, 0.15) is 36.8 Å². The van der Waals surface area contributed by atoms with Crippen LogP contribution in [0.2, 0.25) is 0 Å². The van der Waals surface area contributed by atoms with E-state index >= 15 is 0 Å². The van der Waals surface area contributed by atoms with Gasteiger partial charge in [0.1, 0.15) is 5.75 Å². The zero-order valence-electron chi connectivity index (χ0n) is 12.8. The average molecular weight is 352 g/mol. The molecule has 0 saturated carbocycles. The second-order valence-corrected chi connectivity index (χ2v) is 5.79. The van der Waals surface area contributed by atoms with Crippen LogP contribution in [0.25, 0.3) is 0 Å². The highest BCUT2D eigenvalue weighted by molar-refractivity contribution is 9.10. The Hall–Kier alpha value is -1.33. The molecule has 1 unspecified atom stereocenters. The molecule has 2 rings (SSSR count). The smallest absolute Gasteiger partial charge is 0.119 e. The molecule has 4 nitrogen and oxygen atoms in total. The number of aryl methyl sites for hydroxylation is 2. The van der Waals surface area contributed by atoms with Crippen molar-refractivity contribution in [1.29, 1.82) is 0 Å². The molecule has 0 spiro atoms. The molecule has 1 heterocycles. The second-order valence-electron chi connectivity index (χ2n) is 5.00. The fourth-order valence-corrected chi connectivity index (χ4v) is 3.12. The predicted molar refractivity (Wildman–Crippen MR) is 88.5 cm³/mol. The molecular formula is C16H22BrN3O. The molecule has 21 heavy (non-hydrogen) atoms. The Kier molecular flexibility index (Phi) is 5.42. The van der Waals surface area contributed by atoms with Crippen molar-refractivity contribution >= 4 is 15.9 Å². The van der Waals surface area contributed by atoms with Gasteiger partial charge in [0.05, 0.1) is 22.5 Å². The van der Waals surface area contributed by atoms with E-state index in [0.29, 0.717) is 6.61 Å². The lowest BCUT2D eigenvalue weighted by Gasteiger charge is -2.13. The number of ether oxygens (including phenoxy) is 1. The Morgan fingerprint density at radius 2 is 1.95 bits per heavy atom. The maximum Gasteiger partial charge on any atom is 0.119 e. The molecule has 114 valence electrons. The molecule has 0 saturated heterocycles. The lowest BCUT2D eigenvalue weighted by Crippen LogP contribution is -2.15. The summed E-state index contributed by atoms with van der Waals surface area (Å²) in [5, 5.41) is 4.51. The molecule has 0 radical (unpaired) electrons. The van der Waals surface area contributed by atoms with Crippen LogP contribution in [-0.4, -0.2) is 16.4 Å². The van der Waals surface area contributed by atoms with E-state index in [-0.39, 0.29) is 6.04 Å². The number of benzene rings is 1. The average Bonchev–Trinajstić information content (AvgIpc) is 2.75. The van der Waals surface area contributed by atoms with E-state index in [9.17, 15) is 0 Å². The Morgan fingerprint density at radius 1 is 1.29 bits per heavy atom. The van der Waals surface area contributed by atoms with E-state index in [4.69, 9.17) is 10.5 Å². The first kappa shape index (κ1) is 16.0. The first-order chi connectivity index (χ1) is 10.1. The van der Waals surface area contributed by atoms with Crippen LogP contribution >= 0.6 is 15.9 Å². The van der Waals surface area contributed by atoms with Crippen molar-refractivity contribution in [2.45, 2.75) is 32.7 Å². The van der Waals surface area contributed by atoms with Crippen LogP contribution in [-0.2, 0) is 19.9 Å². The van der Waals surface area contributed by atoms with Gasteiger partial charge in [-0.1, -0.05) is 19.1 Å². The number of hydrogen-bond donors (Lipinski definition) is 1. The first-order valence-electron chi connectivity index (χ1n) is 7.25. The van der Waals surface area contributed by atoms with E-state index in [1.165, 1.54) is 0 Å². The van der Waals surface area contributed by atoms with Gasteiger partial charge in [-0.15, -0.1) is 0 Å². The standard InChI is InChI=1S/C16H22BrN3O/c1-4-14-16(17)15(20(3)19-14)10-13(18)11-6-8-12(9-7-11)21-5-2/h6-9,13H,4-5,10,18H2,1-3H3. The van der Waals surface area contributed by atoms with Gasteiger partial charge in [-0.3, -0.25) is 4.68 Å². The van der Waals surface area contributed by atoms with Crippen molar-refractivity contribution in [3.05, 3.63) is 45.7 Å². The van der Waals surface area contributed by atoms with Crippen molar-refractivity contribution in [3.63, 3.8) is 0 Å². The van der Waals surface area contributed by atoms with Gasteiger partial charge < -0.3 is 10.5 Å². The molecule has 2 aromatic rings. The minimum atomic E-state index is -0.0583. The molecule has 0 amide bonds. The first-order valence-corrected chi connectivity index (χ1v) is 8.04. The van der Waals surface area contributed by atoms with Crippen molar-refractivity contribution < 1.29 is 4.74 Å². The SMILES string of the molecule is CCOc1ccc(C(N)Cc2c(Br)c(CC)nn2C)cc1. The summed E-state index contributed by atoms with van der Waals surface area (Å²) in [4.78, 5) is 0. The van der Waals surface area contributed by atoms with Crippen LogP contribution in [0.15, 0.2) is 28.7 Å². The minimum absolute atomic E-state index is 0.0583. The number of halogens is 1. The summed E-state index contributed by atoms with van der Waals surface area (Å²) in [6.07, 6.45) is 1.66. The van der Waals surface area contributed by atoms with Gasteiger partial charge in [-0.2, -0.15) is 5.10 Å². The largest absolute Gasteiger partial charge is 0.494 e. The van der Waals surface area contributed by atoms with Gasteiger partial charge in [0.15, 0.2) is 0 Å². The predicted octanol–water partition coefficient (Wildman–Crippen LogP) is 3.39. The third kappa shape index (κ3) is 3.66. The summed E-state index contributed by atoms with van der Waals surface area (Å²) in [5.41, 5.74) is 9.65. The molecule has 0 aliphatic heterocycles. The van der Waals surface area contributed by atoms with Crippen molar-refractivity contribution in [1.82, 2.24) is 9.78 Å². The van der Waals surface area contributed by atoms with Gasteiger partial charge in [0.25, 0.3) is 0 Å². The van der Waals surface area contributed by atoms with Crippen molar-refractivity contribution in [2.24, 2.45) is 12.8 Å². The molecule has 0 bridgehead atoms. The summed E-state index contributed by atoms with van der Waals surface area (Å²) in [5.74, 6) is 0.878. The molecule has 5 heteroatoms. The Bertz CT molecular complexity index is 592. The highest BCUT2D eigenvalue weighted by Crippen LogP contribution is 2.26. The molecule has 2 N–H and O–H groups in total. The Balaban J connectivity index is 2.14. The quantitative estimate of drug-likeness (QED) is 0.867. The number of nitrogens with zero attached hydrogens (tertiary/aromatic N) is 2. The number of aromatic nitrogens is 2. The summed E-state index contributed by atoms with van der Waals surface area (Å²) in [7, 11) is 1.96. The van der Waals surface area contributed by atoms with Crippen molar-refractivity contribution in [3.8, 4) is 5.75 Å². The lowest BCUT2D eigenvalue weighted by atomic mass is 10.0. The maximum absolute atomic E-state index is 6.34. The van der Waals surface area contributed by atoms with E-state index in [0.717, 1.165) is 40.0 Å². The molecule has 0 aliphatic rings. The van der Waals surface area contributed by atoms with E-state index in [1.54, 1.807) is 0 Å². The number of rotatable bonds is 6. The third-order valence-electron chi connectivity index (χ3n) is 3.54. The second kappa shape index (κ2) is 7.09. The fourth-order valence-electron chi connectivity index (χ4n) is 2.35. The van der Waals surface area contributed by atoms with Crippen LogP contribution in [0.4, 0.5) is 0 Å². The normalized spacial score (nSPS) is 12.4. The van der Waals surface area contributed by atoms with Crippen LogP contribution in [0.3, 0.4) is 0 Å². The van der Waals surface area contributed by atoms with E-state index < -0.39 is 0 Å². The molecule has 0 fully saturated rings. The van der Waals surface area contributed by atoms with Gasteiger partial charge >= 0.3 is 0 Å². The lowest BCUT2D eigenvalue weighted by molar-refractivity contribution is 0.340. The van der Waals surface area contributed by atoms with Gasteiger partial charge in [-0.25, -0.2) is 0 Å². The van der Waals surface area contributed by atoms with Gasteiger partial charge in [-0.05, 0) is 47.0 Å². The van der Waals surface area contributed by atoms with E-state index in [1.807, 2.05) is 42.9 Å². The summed E-state index contributed by atoms with van der Waals surface area (Å²) in [6.45, 7) is 4.75. The molecule has 0 aliphatic carbocycles. The van der Waals surface area contributed by atoms with Crippen molar-refractivity contribution in [2.75, 3.05) is 6.61 Å². The Labute approximate surface area is 134 Å². The molecule has 1 aromatic heterocycles. The minimum Gasteiger partial charge on any atom is -0.494 e. The Morgan fingerprint density at radius 3 is 2.48 bits per heavy atom. The molecular weight excluding hydrogens is 330 g/mol. The fraction of sp³-hybridized carbons (Fsp3) is 0.438.